The van der Waals surface area contributed by atoms with E-state index in [0.29, 0.717) is 0 Å². The summed E-state index contributed by atoms with van der Waals surface area (Å²) in [6.07, 6.45) is 0. The molecule has 1 unspecified atom stereocenters. The van der Waals surface area contributed by atoms with Gasteiger partial charge in [-0.05, 0) is 44.0 Å². The second kappa shape index (κ2) is 4.43. The highest BCUT2D eigenvalue weighted by Gasteiger charge is 2.21. The summed E-state index contributed by atoms with van der Waals surface area (Å²) in [6, 6.07) is 6.82. The maximum Gasteiger partial charge on any atom is 0.138 e. The van der Waals surface area contributed by atoms with Gasteiger partial charge >= 0.3 is 0 Å². The van der Waals surface area contributed by atoms with Crippen LogP contribution in [0.3, 0.4) is 0 Å². The molecule has 0 saturated heterocycles. The molecule has 1 aromatic heterocycles. The molecule has 0 radical (unpaired) electrons. The Bertz CT molecular complexity index is 560. The topological polar surface area (TPSA) is 25.2 Å². The average molecular weight is 245 g/mol. The molecular weight excluding hydrogens is 222 g/mol. The highest BCUT2D eigenvalue weighted by molar-refractivity contribution is 5.83. The van der Waals surface area contributed by atoms with Crippen LogP contribution in [0.25, 0.3) is 11.0 Å². The molecule has 1 heterocycles. The molecule has 0 saturated carbocycles. The summed E-state index contributed by atoms with van der Waals surface area (Å²) in [7, 11) is 1.95. The summed E-state index contributed by atoms with van der Waals surface area (Å²) in [5.41, 5.74) is 3.71. The van der Waals surface area contributed by atoms with Gasteiger partial charge in [0.25, 0.3) is 0 Å². The third-order valence-corrected chi connectivity index (χ3v) is 3.45. The van der Waals surface area contributed by atoms with E-state index in [1.54, 1.807) is 0 Å². The van der Waals surface area contributed by atoms with Gasteiger partial charge in [-0.25, -0.2) is 0 Å². The molecule has 2 rings (SSSR count). The van der Waals surface area contributed by atoms with Crippen molar-refractivity contribution in [2.24, 2.45) is 0 Å². The Labute approximate surface area is 109 Å². The molecule has 2 nitrogen and oxygen atoms in total. The number of hydrogen-bond acceptors (Lipinski definition) is 2. The number of rotatable bonds is 2. The largest absolute Gasteiger partial charge is 0.459 e. The summed E-state index contributed by atoms with van der Waals surface area (Å²) >= 11 is 0. The van der Waals surface area contributed by atoms with Crippen molar-refractivity contribution in [3.05, 3.63) is 35.1 Å². The highest BCUT2D eigenvalue weighted by Crippen LogP contribution is 2.34. The van der Waals surface area contributed by atoms with Crippen molar-refractivity contribution in [2.45, 2.75) is 46.1 Å². The molecule has 1 N–H and O–H groups in total. The van der Waals surface area contributed by atoms with E-state index in [0.717, 1.165) is 11.3 Å². The van der Waals surface area contributed by atoms with Gasteiger partial charge < -0.3 is 9.73 Å². The van der Waals surface area contributed by atoms with E-state index in [2.05, 4.69) is 58.1 Å². The molecule has 98 valence electrons. The molecule has 0 aliphatic heterocycles. The monoisotopic (exact) mass is 245 g/mol. The van der Waals surface area contributed by atoms with E-state index < -0.39 is 0 Å². The van der Waals surface area contributed by atoms with E-state index in [-0.39, 0.29) is 11.5 Å². The fraction of sp³-hybridized carbons (Fsp3) is 0.500. The second-order valence-corrected chi connectivity index (χ2v) is 6.14. The Morgan fingerprint density at radius 3 is 2.39 bits per heavy atom. The Kier molecular flexibility index (Phi) is 3.24. The zero-order valence-corrected chi connectivity index (χ0v) is 12.2. The quantitative estimate of drug-likeness (QED) is 0.852. The van der Waals surface area contributed by atoms with Crippen molar-refractivity contribution >= 4 is 11.0 Å². The first-order valence-corrected chi connectivity index (χ1v) is 6.54. The van der Waals surface area contributed by atoms with Crippen LogP contribution in [-0.4, -0.2) is 7.05 Å². The molecule has 0 aliphatic carbocycles. The van der Waals surface area contributed by atoms with Crippen molar-refractivity contribution in [3.8, 4) is 0 Å². The molecule has 0 spiro atoms. The van der Waals surface area contributed by atoms with Crippen LogP contribution in [0.5, 0.6) is 0 Å². The number of benzene rings is 1. The normalized spacial score (nSPS) is 14.1. The van der Waals surface area contributed by atoms with E-state index in [1.165, 1.54) is 16.5 Å². The number of furan rings is 1. The van der Waals surface area contributed by atoms with Gasteiger partial charge in [0.1, 0.15) is 11.3 Å². The smallest absolute Gasteiger partial charge is 0.138 e. The molecule has 1 atom stereocenters. The Balaban J connectivity index is 2.68. The standard InChI is InChI=1S/C16H23NO/c1-10-7-12-9-14(11(2)17-6)18-15(12)13(8-10)16(3,4)5/h7-9,11,17H,1-6H3. The van der Waals surface area contributed by atoms with Gasteiger partial charge in [0.05, 0.1) is 6.04 Å². The van der Waals surface area contributed by atoms with Gasteiger partial charge in [-0.2, -0.15) is 0 Å². The van der Waals surface area contributed by atoms with E-state index in [1.807, 2.05) is 7.05 Å². The molecule has 2 heteroatoms. The maximum absolute atomic E-state index is 6.07. The Hall–Kier alpha value is -1.28. The van der Waals surface area contributed by atoms with Crippen molar-refractivity contribution in [1.82, 2.24) is 5.32 Å². The summed E-state index contributed by atoms with van der Waals surface area (Å²) in [6.45, 7) is 10.9. The first-order chi connectivity index (χ1) is 8.32. The van der Waals surface area contributed by atoms with Crippen molar-refractivity contribution in [2.75, 3.05) is 7.05 Å². The molecule has 1 aromatic carbocycles. The lowest BCUT2D eigenvalue weighted by atomic mass is 9.85. The minimum absolute atomic E-state index is 0.0995. The lowest BCUT2D eigenvalue weighted by Gasteiger charge is -2.19. The van der Waals surface area contributed by atoms with Crippen LogP contribution in [0.4, 0.5) is 0 Å². The first-order valence-electron chi connectivity index (χ1n) is 6.54. The van der Waals surface area contributed by atoms with Gasteiger partial charge in [-0.3, -0.25) is 0 Å². The minimum Gasteiger partial charge on any atom is -0.459 e. The zero-order valence-electron chi connectivity index (χ0n) is 12.2. The first kappa shape index (κ1) is 13.2. The minimum atomic E-state index is 0.0995. The molecular formula is C16H23NO. The van der Waals surface area contributed by atoms with Gasteiger partial charge in [-0.1, -0.05) is 26.8 Å². The molecule has 2 aromatic rings. The van der Waals surface area contributed by atoms with Crippen molar-refractivity contribution in [1.29, 1.82) is 0 Å². The number of aryl methyl sites for hydroxylation is 1. The summed E-state index contributed by atoms with van der Waals surface area (Å²) < 4.78 is 6.07. The maximum atomic E-state index is 6.07. The lowest BCUT2D eigenvalue weighted by molar-refractivity contribution is 0.467. The highest BCUT2D eigenvalue weighted by atomic mass is 16.3. The van der Waals surface area contributed by atoms with E-state index in [4.69, 9.17) is 4.42 Å². The predicted octanol–water partition coefficient (Wildman–Crippen LogP) is 4.32. The van der Waals surface area contributed by atoms with Crippen LogP contribution in [0.1, 0.15) is 50.6 Å². The fourth-order valence-corrected chi connectivity index (χ4v) is 2.24. The number of nitrogens with one attached hydrogen (secondary N) is 1. The molecule has 18 heavy (non-hydrogen) atoms. The van der Waals surface area contributed by atoms with Gasteiger partial charge in [0.15, 0.2) is 0 Å². The Morgan fingerprint density at radius 1 is 1.17 bits per heavy atom. The van der Waals surface area contributed by atoms with Gasteiger partial charge in [0.2, 0.25) is 0 Å². The SMILES string of the molecule is CNC(C)c1cc2cc(C)cc(C(C)(C)C)c2o1. The van der Waals surface area contributed by atoms with Crippen molar-refractivity contribution < 1.29 is 4.42 Å². The third kappa shape index (κ3) is 2.30. The number of fused-ring (bicyclic) bond motifs is 1. The predicted molar refractivity (Wildman–Crippen MR) is 77.1 cm³/mol. The zero-order chi connectivity index (χ0) is 13.5. The molecule has 0 bridgehead atoms. The van der Waals surface area contributed by atoms with E-state index >= 15 is 0 Å². The number of hydrogen-bond donors (Lipinski definition) is 1. The summed E-state index contributed by atoms with van der Waals surface area (Å²) in [4.78, 5) is 0. The van der Waals surface area contributed by atoms with Gasteiger partial charge in [-0.15, -0.1) is 0 Å². The van der Waals surface area contributed by atoms with Crippen LogP contribution in [0.2, 0.25) is 0 Å². The van der Waals surface area contributed by atoms with Crippen LogP contribution < -0.4 is 5.32 Å². The van der Waals surface area contributed by atoms with Gasteiger partial charge in [0, 0.05) is 10.9 Å². The lowest BCUT2D eigenvalue weighted by Crippen LogP contribution is -2.12. The molecule has 0 fully saturated rings. The summed E-state index contributed by atoms with van der Waals surface area (Å²) in [5, 5.41) is 4.43. The van der Waals surface area contributed by atoms with Crippen LogP contribution >= 0.6 is 0 Å². The average Bonchev–Trinajstić information content (AvgIpc) is 2.68. The second-order valence-electron chi connectivity index (χ2n) is 6.14. The molecule has 0 amide bonds. The summed E-state index contributed by atoms with van der Waals surface area (Å²) in [5.74, 6) is 1.00. The van der Waals surface area contributed by atoms with E-state index in [9.17, 15) is 0 Å². The molecule has 0 aliphatic rings. The van der Waals surface area contributed by atoms with Crippen LogP contribution in [-0.2, 0) is 5.41 Å². The van der Waals surface area contributed by atoms with Crippen molar-refractivity contribution in [3.63, 3.8) is 0 Å². The van der Waals surface area contributed by atoms with Crippen LogP contribution in [0, 0.1) is 6.92 Å². The third-order valence-electron chi connectivity index (χ3n) is 3.45. The van der Waals surface area contributed by atoms with Crippen LogP contribution in [0.15, 0.2) is 22.6 Å². The fourth-order valence-electron chi connectivity index (χ4n) is 2.24. The Morgan fingerprint density at radius 2 is 1.83 bits per heavy atom.